The molecular formula is C31H29NO4S. The van der Waals surface area contributed by atoms with Gasteiger partial charge in [0.1, 0.15) is 23.0 Å². The molecule has 0 saturated heterocycles. The average Bonchev–Trinajstić information content (AvgIpc) is 3.47. The molecule has 6 heteroatoms. The number of rotatable bonds is 8. The molecule has 5 rings (SSSR count). The number of hydrogen-bond donors (Lipinski definition) is 0. The van der Waals surface area contributed by atoms with Crippen LogP contribution in [0.1, 0.15) is 36.1 Å². The maximum atomic E-state index is 12.6. The standard InChI is InChI=1S/C31H29NO4S/c1-20(33)14-30-28-19-25(34-2)12-9-22(28)17-29(23-15-26(35-3)18-27(16-23)36-4)32(30)24-10-7-21(8-11-24)31-6-5-13-37-31/h5-13,15-19,30H,14H2,1-4H3. The van der Waals surface area contributed by atoms with Crippen molar-refractivity contribution < 1.29 is 19.0 Å². The molecule has 5 nitrogen and oxygen atoms in total. The Morgan fingerprint density at radius 3 is 2.14 bits per heavy atom. The lowest BCUT2D eigenvalue weighted by Gasteiger charge is -2.40. The minimum Gasteiger partial charge on any atom is -0.497 e. The molecule has 0 N–H and O–H groups in total. The van der Waals surface area contributed by atoms with Crippen molar-refractivity contribution in [2.24, 2.45) is 0 Å². The second-order valence-electron chi connectivity index (χ2n) is 8.94. The number of fused-ring (bicyclic) bond motifs is 1. The molecule has 0 bridgehead atoms. The van der Waals surface area contributed by atoms with Crippen LogP contribution in [0.3, 0.4) is 0 Å². The first-order valence-electron chi connectivity index (χ1n) is 12.1. The number of carbonyl (C=O) groups is 1. The predicted molar refractivity (Wildman–Crippen MR) is 151 cm³/mol. The van der Waals surface area contributed by atoms with Gasteiger partial charge in [-0.15, -0.1) is 11.3 Å². The summed E-state index contributed by atoms with van der Waals surface area (Å²) in [6.07, 6.45) is 2.51. The van der Waals surface area contributed by atoms with Crippen LogP contribution in [0, 0.1) is 0 Å². The smallest absolute Gasteiger partial charge is 0.132 e. The topological polar surface area (TPSA) is 48.0 Å². The second-order valence-corrected chi connectivity index (χ2v) is 9.89. The molecule has 0 amide bonds. The summed E-state index contributed by atoms with van der Waals surface area (Å²) in [7, 11) is 4.96. The average molecular weight is 512 g/mol. The highest BCUT2D eigenvalue weighted by Crippen LogP contribution is 2.46. The lowest BCUT2D eigenvalue weighted by atomic mass is 9.88. The Balaban J connectivity index is 1.72. The lowest BCUT2D eigenvalue weighted by Crippen LogP contribution is -2.32. The van der Waals surface area contributed by atoms with Gasteiger partial charge in [-0.05, 0) is 77.5 Å². The van der Waals surface area contributed by atoms with Crippen LogP contribution in [-0.2, 0) is 4.79 Å². The van der Waals surface area contributed by atoms with Gasteiger partial charge in [-0.3, -0.25) is 4.79 Å². The molecule has 1 unspecified atom stereocenters. The molecule has 0 fully saturated rings. The number of hydrogen-bond acceptors (Lipinski definition) is 6. The zero-order valence-electron chi connectivity index (χ0n) is 21.4. The molecule has 2 heterocycles. The maximum absolute atomic E-state index is 12.6. The highest BCUT2D eigenvalue weighted by molar-refractivity contribution is 7.13. The van der Waals surface area contributed by atoms with E-state index in [1.807, 2.05) is 30.3 Å². The van der Waals surface area contributed by atoms with Crippen LogP contribution >= 0.6 is 11.3 Å². The van der Waals surface area contributed by atoms with Gasteiger partial charge < -0.3 is 19.1 Å². The highest BCUT2D eigenvalue weighted by Gasteiger charge is 2.32. The van der Waals surface area contributed by atoms with Gasteiger partial charge in [-0.25, -0.2) is 0 Å². The van der Waals surface area contributed by atoms with E-state index in [1.165, 1.54) is 4.88 Å². The molecule has 4 aromatic rings. The zero-order chi connectivity index (χ0) is 25.9. The summed E-state index contributed by atoms with van der Waals surface area (Å²) in [4.78, 5) is 16.1. The van der Waals surface area contributed by atoms with Crippen molar-refractivity contribution in [2.75, 3.05) is 26.2 Å². The third kappa shape index (κ3) is 4.98. The van der Waals surface area contributed by atoms with E-state index in [1.54, 1.807) is 39.6 Å². The van der Waals surface area contributed by atoms with Gasteiger partial charge in [0, 0.05) is 34.3 Å². The summed E-state index contributed by atoms with van der Waals surface area (Å²) >= 11 is 1.72. The van der Waals surface area contributed by atoms with Crippen molar-refractivity contribution in [1.82, 2.24) is 0 Å². The first-order chi connectivity index (χ1) is 18.0. The molecule has 3 aromatic carbocycles. The Bertz CT molecular complexity index is 1420. The largest absolute Gasteiger partial charge is 0.497 e. The quantitative estimate of drug-likeness (QED) is 0.245. The molecule has 0 saturated carbocycles. The van der Waals surface area contributed by atoms with E-state index in [4.69, 9.17) is 14.2 Å². The molecule has 0 aliphatic carbocycles. The Hall–Kier alpha value is -4.03. The Morgan fingerprint density at radius 2 is 1.54 bits per heavy atom. The molecule has 188 valence electrons. The number of ketones is 1. The molecule has 0 radical (unpaired) electrons. The fourth-order valence-corrected chi connectivity index (χ4v) is 5.56. The van der Waals surface area contributed by atoms with Gasteiger partial charge in [0.25, 0.3) is 0 Å². The van der Waals surface area contributed by atoms with Crippen molar-refractivity contribution in [1.29, 1.82) is 0 Å². The van der Waals surface area contributed by atoms with Crippen LogP contribution in [0.4, 0.5) is 5.69 Å². The SMILES string of the molecule is COc1cc(OC)cc(C2=Cc3ccc(OC)cc3C(CC(C)=O)N2c2ccc(-c3cccs3)cc2)c1. The van der Waals surface area contributed by atoms with Gasteiger partial charge in [-0.1, -0.05) is 24.3 Å². The number of thiophene rings is 1. The normalized spacial score (nSPS) is 14.5. The predicted octanol–water partition coefficient (Wildman–Crippen LogP) is 7.48. The molecule has 0 spiro atoms. The van der Waals surface area contributed by atoms with Crippen molar-refractivity contribution in [2.45, 2.75) is 19.4 Å². The van der Waals surface area contributed by atoms with E-state index in [0.29, 0.717) is 17.9 Å². The van der Waals surface area contributed by atoms with Gasteiger partial charge >= 0.3 is 0 Å². The van der Waals surface area contributed by atoms with E-state index >= 15 is 0 Å². The molecule has 1 atom stereocenters. The fraction of sp³-hybridized carbons (Fsp3) is 0.194. The molecule has 37 heavy (non-hydrogen) atoms. The third-order valence-corrected chi connectivity index (χ3v) is 7.51. The number of nitrogens with zero attached hydrogens (tertiary/aromatic N) is 1. The van der Waals surface area contributed by atoms with Crippen LogP contribution in [0.15, 0.2) is 78.2 Å². The minimum atomic E-state index is -0.215. The van der Waals surface area contributed by atoms with Crippen molar-refractivity contribution >= 4 is 34.6 Å². The summed E-state index contributed by atoms with van der Waals surface area (Å²) in [5.41, 5.74) is 6.16. The van der Waals surface area contributed by atoms with Crippen LogP contribution in [-0.4, -0.2) is 27.1 Å². The fourth-order valence-electron chi connectivity index (χ4n) is 4.82. The van der Waals surface area contributed by atoms with Crippen LogP contribution in [0.2, 0.25) is 0 Å². The van der Waals surface area contributed by atoms with Gasteiger partial charge in [0.15, 0.2) is 0 Å². The Kier molecular flexibility index (Phi) is 7.01. The molecule has 1 aliphatic rings. The summed E-state index contributed by atoms with van der Waals surface area (Å²) < 4.78 is 16.7. The lowest BCUT2D eigenvalue weighted by molar-refractivity contribution is -0.117. The van der Waals surface area contributed by atoms with Gasteiger partial charge in [0.05, 0.1) is 27.4 Å². The Morgan fingerprint density at radius 1 is 0.838 bits per heavy atom. The molecule has 1 aromatic heterocycles. The maximum Gasteiger partial charge on any atom is 0.132 e. The van der Waals surface area contributed by atoms with E-state index in [9.17, 15) is 4.79 Å². The molecule has 1 aliphatic heterocycles. The van der Waals surface area contributed by atoms with Crippen molar-refractivity contribution in [3.63, 3.8) is 0 Å². The summed E-state index contributed by atoms with van der Waals surface area (Å²) in [5, 5.41) is 2.08. The third-order valence-electron chi connectivity index (χ3n) is 6.60. The van der Waals surface area contributed by atoms with E-state index < -0.39 is 0 Å². The van der Waals surface area contributed by atoms with Crippen molar-refractivity contribution in [3.05, 3.63) is 94.9 Å². The summed E-state index contributed by atoms with van der Waals surface area (Å²) in [6, 6.07) is 24.4. The number of benzene rings is 3. The van der Waals surface area contributed by atoms with Crippen LogP contribution in [0.25, 0.3) is 22.2 Å². The first kappa shape index (κ1) is 24.7. The number of ether oxygens (including phenoxy) is 3. The number of anilines is 1. The van der Waals surface area contributed by atoms with E-state index in [2.05, 4.69) is 58.8 Å². The van der Waals surface area contributed by atoms with E-state index in [-0.39, 0.29) is 11.8 Å². The van der Waals surface area contributed by atoms with Crippen molar-refractivity contribution in [3.8, 4) is 27.7 Å². The summed E-state index contributed by atoms with van der Waals surface area (Å²) in [6.45, 7) is 1.64. The van der Waals surface area contributed by atoms with E-state index in [0.717, 1.165) is 39.4 Å². The minimum absolute atomic E-state index is 0.114. The monoisotopic (exact) mass is 511 g/mol. The zero-order valence-corrected chi connectivity index (χ0v) is 22.2. The number of carbonyl (C=O) groups excluding carboxylic acids is 1. The first-order valence-corrected chi connectivity index (χ1v) is 12.9. The van der Waals surface area contributed by atoms with Gasteiger partial charge in [-0.2, -0.15) is 0 Å². The summed E-state index contributed by atoms with van der Waals surface area (Å²) in [5.74, 6) is 2.28. The Labute approximate surface area is 221 Å². The van der Waals surface area contributed by atoms with Crippen LogP contribution in [0.5, 0.6) is 17.2 Å². The van der Waals surface area contributed by atoms with Gasteiger partial charge in [0.2, 0.25) is 0 Å². The molecular weight excluding hydrogens is 482 g/mol. The van der Waals surface area contributed by atoms with Crippen LogP contribution < -0.4 is 19.1 Å². The number of Topliss-reactive ketones (excluding diaryl/α,β-unsaturated/α-hetero) is 1. The second kappa shape index (κ2) is 10.5. The highest BCUT2D eigenvalue weighted by atomic mass is 32.1. The number of methoxy groups -OCH3 is 3.